The molecule has 3 heterocycles. The molecule has 2 unspecified atom stereocenters. The normalized spacial score (nSPS) is 28.6. The van der Waals surface area contributed by atoms with Crippen molar-refractivity contribution in [2.75, 3.05) is 13.2 Å². The van der Waals surface area contributed by atoms with Crippen LogP contribution < -0.4 is 9.47 Å². The van der Waals surface area contributed by atoms with Crippen molar-refractivity contribution >= 4 is 23.0 Å². The third-order valence-corrected chi connectivity index (χ3v) is 8.74. The molecule has 54 heavy (non-hydrogen) atoms. The largest absolute Gasteiger partial charge is 0.508 e. The van der Waals surface area contributed by atoms with Crippen molar-refractivity contribution in [3.05, 3.63) is 72.3 Å². The molecular formula is C36H37O18+. The number of carbonyl (C=O) groups is 1. The molecule has 1 aromatic heterocycles. The fourth-order valence-electron chi connectivity index (χ4n) is 5.75. The predicted octanol–water partition coefficient (Wildman–Crippen LogP) is -0.175. The maximum Gasteiger partial charge on any atom is 0.402 e. The number of fused-ring (bicyclic) bond motifs is 1. The summed E-state index contributed by atoms with van der Waals surface area (Å²) in [6, 6.07) is 13.0. The molecule has 3 aromatic carbocycles. The monoisotopic (exact) mass is 757 g/mol. The summed E-state index contributed by atoms with van der Waals surface area (Å²) in [5, 5.41) is 113. The van der Waals surface area contributed by atoms with Gasteiger partial charge in [0.1, 0.15) is 78.1 Å². The van der Waals surface area contributed by atoms with Gasteiger partial charge in [-0.15, -0.1) is 0 Å². The Morgan fingerprint density at radius 1 is 0.685 bits per heavy atom. The van der Waals surface area contributed by atoms with Gasteiger partial charge in [0.05, 0.1) is 18.2 Å². The van der Waals surface area contributed by atoms with Crippen LogP contribution in [0.4, 0.5) is 0 Å². The van der Waals surface area contributed by atoms with Gasteiger partial charge in [0.25, 0.3) is 0 Å². The average Bonchev–Trinajstić information content (AvgIpc) is 3.15. The molecule has 11 N–H and O–H groups in total. The Hall–Kier alpha value is -5.28. The first-order chi connectivity index (χ1) is 25.7. The number of hydrogen-bond donors (Lipinski definition) is 11. The molecule has 10 atom stereocenters. The Kier molecular flexibility index (Phi) is 11.4. The number of ether oxygens (including phenoxy) is 5. The third kappa shape index (κ3) is 8.11. The SMILES string of the molecule is O=C(C=Cc1ccc(O)cc1)OC[C@H]1OC(Oc2cc(O)cc3[o+]c(-c4ccc(O)c(O)c4)c(OC4O[C@H](CO)[C@H](O)[C@H](O)[C@H]4O)cc23)[C@H](O)[C@@H](O)[C@@H]1O. The summed E-state index contributed by atoms with van der Waals surface area (Å²) in [4.78, 5) is 12.4. The van der Waals surface area contributed by atoms with E-state index in [1.165, 1.54) is 30.3 Å². The highest BCUT2D eigenvalue weighted by atomic mass is 16.7. The van der Waals surface area contributed by atoms with Crippen LogP contribution in [0.25, 0.3) is 28.4 Å². The highest BCUT2D eigenvalue weighted by Crippen LogP contribution is 2.43. The van der Waals surface area contributed by atoms with E-state index in [1.54, 1.807) is 12.1 Å². The minimum atomic E-state index is -1.89. The van der Waals surface area contributed by atoms with Crippen LogP contribution in [-0.4, -0.2) is 137 Å². The predicted molar refractivity (Wildman–Crippen MR) is 181 cm³/mol. The quantitative estimate of drug-likeness (QED) is 0.0433. The van der Waals surface area contributed by atoms with Crippen LogP contribution in [0.15, 0.2) is 71.2 Å². The molecule has 288 valence electrons. The fraction of sp³-hybridized carbons (Fsp3) is 0.333. The summed E-state index contributed by atoms with van der Waals surface area (Å²) in [5.41, 5.74) is 0.562. The van der Waals surface area contributed by atoms with Gasteiger partial charge in [0.15, 0.2) is 11.5 Å². The van der Waals surface area contributed by atoms with Crippen LogP contribution >= 0.6 is 0 Å². The zero-order valence-electron chi connectivity index (χ0n) is 27.9. The van der Waals surface area contributed by atoms with E-state index in [0.717, 1.165) is 30.3 Å². The van der Waals surface area contributed by atoms with E-state index in [-0.39, 0.29) is 39.5 Å². The number of phenolic OH excluding ortho intramolecular Hbond substituents is 4. The maximum atomic E-state index is 12.4. The van der Waals surface area contributed by atoms with Crippen LogP contribution in [-0.2, 0) is 19.0 Å². The summed E-state index contributed by atoms with van der Waals surface area (Å²) in [5.74, 6) is -2.97. The molecule has 0 saturated carbocycles. The van der Waals surface area contributed by atoms with E-state index < -0.39 is 97.8 Å². The van der Waals surface area contributed by atoms with Gasteiger partial charge < -0.3 is 79.9 Å². The van der Waals surface area contributed by atoms with Crippen molar-refractivity contribution < 1.29 is 89.1 Å². The van der Waals surface area contributed by atoms with Crippen LogP contribution in [0, 0.1) is 0 Å². The highest BCUT2D eigenvalue weighted by molar-refractivity contribution is 5.89. The fourth-order valence-corrected chi connectivity index (χ4v) is 5.75. The lowest BCUT2D eigenvalue weighted by Gasteiger charge is -2.40. The molecule has 18 heteroatoms. The van der Waals surface area contributed by atoms with Crippen LogP contribution in [0.1, 0.15) is 5.56 Å². The smallest absolute Gasteiger partial charge is 0.402 e. The van der Waals surface area contributed by atoms with E-state index in [2.05, 4.69) is 0 Å². The first-order valence-electron chi connectivity index (χ1n) is 16.4. The molecule has 0 bridgehead atoms. The first kappa shape index (κ1) is 38.4. The number of esters is 1. The van der Waals surface area contributed by atoms with Gasteiger partial charge in [-0.05, 0) is 35.9 Å². The Labute approximate surface area is 304 Å². The number of aliphatic hydroxyl groups is 7. The molecule has 4 aromatic rings. The van der Waals surface area contributed by atoms with Gasteiger partial charge >= 0.3 is 17.3 Å². The van der Waals surface area contributed by atoms with E-state index in [4.69, 9.17) is 28.1 Å². The molecule has 0 spiro atoms. The summed E-state index contributed by atoms with van der Waals surface area (Å²) in [7, 11) is 0. The maximum absolute atomic E-state index is 12.4. The van der Waals surface area contributed by atoms with E-state index in [9.17, 15) is 61.0 Å². The molecule has 0 aliphatic carbocycles. The van der Waals surface area contributed by atoms with E-state index in [0.29, 0.717) is 5.56 Å². The van der Waals surface area contributed by atoms with Gasteiger partial charge in [-0.2, -0.15) is 0 Å². The lowest BCUT2D eigenvalue weighted by atomic mass is 9.99. The zero-order valence-corrected chi connectivity index (χ0v) is 27.9. The number of benzene rings is 3. The number of phenols is 4. The molecule has 2 fully saturated rings. The van der Waals surface area contributed by atoms with Gasteiger partial charge in [-0.25, -0.2) is 9.21 Å². The molecule has 18 nitrogen and oxygen atoms in total. The first-order valence-corrected chi connectivity index (χ1v) is 16.4. The van der Waals surface area contributed by atoms with Gasteiger partial charge in [0.2, 0.25) is 18.3 Å². The van der Waals surface area contributed by atoms with Crippen LogP contribution in [0.2, 0.25) is 0 Å². The molecule has 2 saturated heterocycles. The molecular weight excluding hydrogens is 720 g/mol. The summed E-state index contributed by atoms with van der Waals surface area (Å²) in [6.45, 7) is -1.36. The minimum Gasteiger partial charge on any atom is -0.508 e. The average molecular weight is 758 g/mol. The summed E-state index contributed by atoms with van der Waals surface area (Å²) >= 11 is 0. The van der Waals surface area contributed by atoms with Gasteiger partial charge in [-0.3, -0.25) is 0 Å². The molecule has 0 radical (unpaired) electrons. The van der Waals surface area contributed by atoms with Crippen molar-refractivity contribution in [3.8, 4) is 45.8 Å². The highest BCUT2D eigenvalue weighted by Gasteiger charge is 2.47. The second-order valence-corrected chi connectivity index (χ2v) is 12.5. The lowest BCUT2D eigenvalue weighted by Crippen LogP contribution is -2.60. The Morgan fingerprint density at radius 3 is 1.96 bits per heavy atom. The van der Waals surface area contributed by atoms with Crippen molar-refractivity contribution in [3.63, 3.8) is 0 Å². The van der Waals surface area contributed by atoms with Crippen molar-refractivity contribution in [1.29, 1.82) is 0 Å². The van der Waals surface area contributed by atoms with E-state index >= 15 is 0 Å². The van der Waals surface area contributed by atoms with Crippen LogP contribution in [0.5, 0.6) is 34.5 Å². The number of hydrogen-bond acceptors (Lipinski definition) is 17. The lowest BCUT2D eigenvalue weighted by molar-refractivity contribution is -0.278. The molecule has 2 aliphatic rings. The number of aromatic hydroxyl groups is 4. The number of aliphatic hydroxyl groups excluding tert-OH is 7. The summed E-state index contributed by atoms with van der Waals surface area (Å²) in [6.07, 6.45) is -14.6. The topological polar surface area (TPSA) is 297 Å². The van der Waals surface area contributed by atoms with Crippen molar-refractivity contribution in [2.24, 2.45) is 0 Å². The second kappa shape index (κ2) is 16.0. The van der Waals surface area contributed by atoms with Crippen LogP contribution in [0.3, 0.4) is 0 Å². The standard InChI is InChI=1S/C36H36O18/c37-13-25-28(43)30(45)32(47)36(53-25)52-24-12-19-22(50-34(24)16-4-7-20(40)21(41)9-16)10-18(39)11-23(19)51-35-33(48)31(46)29(44)26(54-35)14-49-27(42)8-3-15-1-5-17(38)6-2-15/h1-12,25-26,28-33,35-37,43-48H,13-14H2,(H3-,38,39,40,41,42)/p+1/t25-,26-,28+,29-,30+,31+,32-,33-,35?,36?/m1/s1. The molecule has 6 rings (SSSR count). The molecule has 0 amide bonds. The summed E-state index contributed by atoms with van der Waals surface area (Å²) < 4.78 is 34.2. The Bertz CT molecular complexity index is 1980. The van der Waals surface area contributed by atoms with E-state index in [1.807, 2.05) is 0 Å². The second-order valence-electron chi connectivity index (χ2n) is 12.5. The zero-order chi connectivity index (χ0) is 38.8. The van der Waals surface area contributed by atoms with Crippen molar-refractivity contribution in [1.82, 2.24) is 0 Å². The molecule has 2 aliphatic heterocycles. The van der Waals surface area contributed by atoms with Gasteiger partial charge in [0, 0.05) is 24.3 Å². The minimum absolute atomic E-state index is 0.00195. The Morgan fingerprint density at radius 2 is 1.31 bits per heavy atom. The Balaban J connectivity index is 1.30. The number of rotatable bonds is 10. The van der Waals surface area contributed by atoms with Gasteiger partial charge in [-0.1, -0.05) is 12.1 Å². The number of carbonyl (C=O) groups excluding carboxylic acids is 1. The third-order valence-electron chi connectivity index (χ3n) is 8.74. The van der Waals surface area contributed by atoms with Crippen molar-refractivity contribution in [2.45, 2.75) is 61.4 Å².